The molecule has 7 nitrogen and oxygen atoms in total. The van der Waals surface area contributed by atoms with E-state index < -0.39 is 29.2 Å². The van der Waals surface area contributed by atoms with Gasteiger partial charge >= 0.3 is 6.03 Å². The van der Waals surface area contributed by atoms with Crippen molar-refractivity contribution in [3.05, 3.63) is 65.5 Å². The van der Waals surface area contributed by atoms with Gasteiger partial charge in [0.2, 0.25) is 5.91 Å². The maximum absolute atomic E-state index is 13.2. The Morgan fingerprint density at radius 1 is 1.12 bits per heavy atom. The number of urea groups is 1. The van der Waals surface area contributed by atoms with Crippen LogP contribution in [0.5, 0.6) is 5.75 Å². The highest BCUT2D eigenvalue weighted by molar-refractivity contribution is 6.09. The lowest BCUT2D eigenvalue weighted by Crippen LogP contribution is -2.43. The van der Waals surface area contributed by atoms with Gasteiger partial charge in [-0.2, -0.15) is 0 Å². The molecule has 1 aliphatic rings. The zero-order valence-corrected chi connectivity index (χ0v) is 18.3. The summed E-state index contributed by atoms with van der Waals surface area (Å²) in [5, 5.41) is 5.34. The third-order valence-electron chi connectivity index (χ3n) is 5.42. The average molecular weight is 442 g/mol. The average Bonchev–Trinajstić information content (AvgIpc) is 2.99. The third kappa shape index (κ3) is 5.43. The smallest absolute Gasteiger partial charge is 0.325 e. The summed E-state index contributed by atoms with van der Waals surface area (Å²) in [6.07, 6.45) is 2.69. The number of hydrogen-bond donors (Lipinski definition) is 2. The molecule has 0 radical (unpaired) electrons. The molecular weight excluding hydrogens is 413 g/mol. The number of halogens is 1. The van der Waals surface area contributed by atoms with Gasteiger partial charge in [-0.15, -0.1) is 0 Å². The van der Waals surface area contributed by atoms with Gasteiger partial charge in [-0.25, -0.2) is 9.18 Å². The molecule has 170 valence electrons. The first-order valence-corrected chi connectivity index (χ1v) is 10.7. The van der Waals surface area contributed by atoms with Crippen molar-refractivity contribution in [2.45, 2.75) is 38.6 Å². The first-order valence-electron chi connectivity index (χ1n) is 10.7. The summed E-state index contributed by atoms with van der Waals surface area (Å²) in [7, 11) is 0. The fraction of sp³-hybridized carbons (Fsp3) is 0.375. The molecule has 8 heteroatoms. The Balaban J connectivity index is 1.49. The van der Waals surface area contributed by atoms with Crippen LogP contribution in [0.4, 0.5) is 9.18 Å². The van der Waals surface area contributed by atoms with Crippen molar-refractivity contribution in [2.75, 3.05) is 19.7 Å². The number of imide groups is 1. The standard InChI is InChI=1S/C24H28FN3O4/c1-3-4-15-32-20-11-5-17(6-12-20)13-14-26-21(29)16-28-22(30)24(2,27-23(28)31)18-7-9-19(25)10-8-18/h5-12H,3-4,13-16H2,1-2H3,(H,26,29)(H,27,31). The van der Waals surface area contributed by atoms with Crippen LogP contribution in [0.1, 0.15) is 37.8 Å². The predicted molar refractivity (Wildman–Crippen MR) is 118 cm³/mol. The molecule has 1 heterocycles. The van der Waals surface area contributed by atoms with Crippen LogP contribution < -0.4 is 15.4 Å². The number of nitrogens with zero attached hydrogens (tertiary/aromatic N) is 1. The monoisotopic (exact) mass is 441 g/mol. The summed E-state index contributed by atoms with van der Waals surface area (Å²) in [4.78, 5) is 38.4. The van der Waals surface area contributed by atoms with E-state index in [9.17, 15) is 18.8 Å². The van der Waals surface area contributed by atoms with Crippen LogP contribution in [0.15, 0.2) is 48.5 Å². The lowest BCUT2D eigenvalue weighted by molar-refractivity contribution is -0.134. The van der Waals surface area contributed by atoms with E-state index in [1.54, 1.807) is 0 Å². The van der Waals surface area contributed by atoms with Crippen molar-refractivity contribution in [1.82, 2.24) is 15.5 Å². The first-order chi connectivity index (χ1) is 15.3. The quantitative estimate of drug-likeness (QED) is 0.438. The number of unbranched alkanes of at least 4 members (excludes halogenated alkanes) is 1. The molecule has 2 aromatic carbocycles. The van der Waals surface area contributed by atoms with Gasteiger partial charge in [0.05, 0.1) is 6.61 Å². The Morgan fingerprint density at radius 3 is 2.47 bits per heavy atom. The number of carbonyl (C=O) groups is 3. The first kappa shape index (κ1) is 23.2. The van der Waals surface area contributed by atoms with E-state index in [0.29, 0.717) is 25.1 Å². The largest absolute Gasteiger partial charge is 0.494 e. The van der Waals surface area contributed by atoms with Gasteiger partial charge in [-0.05, 0) is 55.2 Å². The molecule has 1 saturated heterocycles. The van der Waals surface area contributed by atoms with Crippen molar-refractivity contribution in [3.63, 3.8) is 0 Å². The second-order valence-corrected chi connectivity index (χ2v) is 7.90. The number of benzene rings is 2. The van der Waals surface area contributed by atoms with Crippen LogP contribution in [0.2, 0.25) is 0 Å². The number of rotatable bonds is 10. The Bertz CT molecular complexity index is 962. The van der Waals surface area contributed by atoms with Crippen molar-refractivity contribution < 1.29 is 23.5 Å². The molecule has 32 heavy (non-hydrogen) atoms. The van der Waals surface area contributed by atoms with Crippen molar-refractivity contribution in [1.29, 1.82) is 0 Å². The molecule has 0 spiro atoms. The second kappa shape index (κ2) is 10.3. The van der Waals surface area contributed by atoms with Gasteiger partial charge in [0.15, 0.2) is 0 Å². The molecule has 0 aliphatic carbocycles. The van der Waals surface area contributed by atoms with Crippen LogP contribution in [-0.4, -0.2) is 42.4 Å². The molecule has 0 saturated carbocycles. The summed E-state index contributed by atoms with van der Waals surface area (Å²) in [6.45, 7) is 4.32. The molecule has 1 atom stereocenters. The van der Waals surface area contributed by atoms with E-state index in [1.165, 1.54) is 31.2 Å². The molecule has 2 aromatic rings. The van der Waals surface area contributed by atoms with Crippen LogP contribution in [0.25, 0.3) is 0 Å². The summed E-state index contributed by atoms with van der Waals surface area (Å²) in [5.74, 6) is -0.614. The van der Waals surface area contributed by atoms with Gasteiger partial charge in [0.25, 0.3) is 5.91 Å². The number of amides is 4. The number of nitrogens with one attached hydrogen (secondary N) is 2. The summed E-state index contributed by atoms with van der Waals surface area (Å²) < 4.78 is 18.8. The molecule has 0 aromatic heterocycles. The summed E-state index contributed by atoms with van der Waals surface area (Å²) in [6, 6.07) is 12.4. The van der Waals surface area contributed by atoms with E-state index >= 15 is 0 Å². The minimum Gasteiger partial charge on any atom is -0.494 e. The SMILES string of the molecule is CCCCOc1ccc(CCNC(=O)CN2C(=O)NC(C)(c3ccc(F)cc3)C2=O)cc1. The van der Waals surface area contributed by atoms with Crippen LogP contribution in [0.3, 0.4) is 0 Å². The maximum atomic E-state index is 13.2. The Hall–Kier alpha value is -3.42. The van der Waals surface area contributed by atoms with Gasteiger partial charge in [-0.1, -0.05) is 37.6 Å². The molecule has 1 fully saturated rings. The van der Waals surface area contributed by atoms with Crippen LogP contribution in [0, 0.1) is 5.82 Å². The molecule has 0 bridgehead atoms. The Morgan fingerprint density at radius 2 is 1.81 bits per heavy atom. The second-order valence-electron chi connectivity index (χ2n) is 7.90. The summed E-state index contributed by atoms with van der Waals surface area (Å²) in [5.41, 5.74) is 0.140. The van der Waals surface area contributed by atoms with Crippen molar-refractivity contribution >= 4 is 17.8 Å². The van der Waals surface area contributed by atoms with Crippen molar-refractivity contribution in [3.8, 4) is 5.75 Å². The van der Waals surface area contributed by atoms with Crippen molar-refractivity contribution in [2.24, 2.45) is 0 Å². The lowest BCUT2D eigenvalue weighted by Gasteiger charge is -2.22. The lowest BCUT2D eigenvalue weighted by atomic mass is 9.92. The highest BCUT2D eigenvalue weighted by Crippen LogP contribution is 2.28. The topological polar surface area (TPSA) is 87.7 Å². The maximum Gasteiger partial charge on any atom is 0.325 e. The van der Waals surface area contributed by atoms with E-state index in [-0.39, 0.29) is 6.54 Å². The predicted octanol–water partition coefficient (Wildman–Crippen LogP) is 3.13. The van der Waals surface area contributed by atoms with E-state index in [1.807, 2.05) is 24.3 Å². The van der Waals surface area contributed by atoms with Crippen LogP contribution >= 0.6 is 0 Å². The van der Waals surface area contributed by atoms with Crippen LogP contribution in [-0.2, 0) is 21.5 Å². The van der Waals surface area contributed by atoms with E-state index in [2.05, 4.69) is 17.6 Å². The van der Waals surface area contributed by atoms with Gasteiger partial charge in [-0.3, -0.25) is 14.5 Å². The summed E-state index contributed by atoms with van der Waals surface area (Å²) >= 11 is 0. The Labute approximate surface area is 186 Å². The molecule has 2 N–H and O–H groups in total. The minimum atomic E-state index is -1.34. The number of ether oxygens (including phenoxy) is 1. The highest BCUT2D eigenvalue weighted by Gasteiger charge is 2.49. The zero-order chi connectivity index (χ0) is 23.1. The van der Waals surface area contributed by atoms with E-state index in [4.69, 9.17) is 4.74 Å². The van der Waals surface area contributed by atoms with E-state index in [0.717, 1.165) is 29.1 Å². The Kier molecular flexibility index (Phi) is 7.45. The molecule has 4 amide bonds. The van der Waals surface area contributed by atoms with Gasteiger partial charge < -0.3 is 15.4 Å². The highest BCUT2D eigenvalue weighted by atomic mass is 19.1. The molecule has 3 rings (SSSR count). The normalized spacial score (nSPS) is 17.9. The fourth-order valence-electron chi connectivity index (χ4n) is 3.45. The third-order valence-corrected chi connectivity index (χ3v) is 5.42. The number of hydrogen-bond acceptors (Lipinski definition) is 4. The van der Waals surface area contributed by atoms with Gasteiger partial charge in [0.1, 0.15) is 23.7 Å². The van der Waals surface area contributed by atoms with Gasteiger partial charge in [0, 0.05) is 6.54 Å². The number of carbonyl (C=O) groups excluding carboxylic acids is 3. The zero-order valence-electron chi connectivity index (χ0n) is 18.3. The molecule has 1 aliphatic heterocycles. The fourth-order valence-corrected chi connectivity index (χ4v) is 3.45. The minimum absolute atomic E-state index is 0.369. The molecular formula is C24H28FN3O4. The molecule has 1 unspecified atom stereocenters.